The summed E-state index contributed by atoms with van der Waals surface area (Å²) in [5, 5.41) is 1.10. The third-order valence-corrected chi connectivity index (χ3v) is 3.39. The van der Waals surface area contributed by atoms with E-state index in [2.05, 4.69) is 54.1 Å². The second-order valence-electron chi connectivity index (χ2n) is 5.02. The van der Waals surface area contributed by atoms with Gasteiger partial charge in [0.25, 0.3) is 0 Å². The first-order chi connectivity index (χ1) is 9.25. The number of rotatable bonds is 2. The van der Waals surface area contributed by atoms with Crippen molar-refractivity contribution in [2.45, 2.75) is 19.8 Å². The van der Waals surface area contributed by atoms with Crippen molar-refractivity contribution in [2.75, 3.05) is 0 Å². The molecule has 1 heterocycles. The highest BCUT2D eigenvalue weighted by molar-refractivity contribution is 5.91. The summed E-state index contributed by atoms with van der Waals surface area (Å²) in [5.74, 6) is 0.552. The Hall–Kier alpha value is -2.22. The quantitative estimate of drug-likeness (QED) is 0.671. The Morgan fingerprint density at radius 2 is 1.58 bits per heavy atom. The zero-order valence-electron chi connectivity index (χ0n) is 11.2. The average Bonchev–Trinajstić information content (AvgIpc) is 2.47. The van der Waals surface area contributed by atoms with Gasteiger partial charge in [0, 0.05) is 10.9 Å². The van der Waals surface area contributed by atoms with Crippen LogP contribution in [-0.2, 0) is 0 Å². The number of fused-ring (bicyclic) bond motifs is 1. The molecule has 0 spiro atoms. The van der Waals surface area contributed by atoms with E-state index in [1.807, 2.05) is 18.2 Å². The lowest BCUT2D eigenvalue weighted by atomic mass is 9.99. The van der Waals surface area contributed by atoms with Gasteiger partial charge >= 0.3 is 0 Å². The normalized spacial score (nSPS) is 11.1. The van der Waals surface area contributed by atoms with Gasteiger partial charge in [0.05, 0.1) is 11.2 Å². The maximum absolute atomic E-state index is 4.44. The standard InChI is InChI=1S/C17H16N2/c1-12(2)13-7-9-14(10-8-13)17-15-5-3-4-6-16(15)18-11-19-17/h3-12H,1-2H3. The van der Waals surface area contributed by atoms with Crippen LogP contribution in [0.1, 0.15) is 25.3 Å². The molecule has 0 amide bonds. The van der Waals surface area contributed by atoms with E-state index in [1.165, 1.54) is 5.56 Å². The zero-order chi connectivity index (χ0) is 13.2. The molecule has 0 aliphatic carbocycles. The number of para-hydroxylation sites is 1. The Labute approximate surface area is 113 Å². The van der Waals surface area contributed by atoms with E-state index in [-0.39, 0.29) is 0 Å². The fraction of sp³-hybridized carbons (Fsp3) is 0.176. The Balaban J connectivity index is 2.14. The zero-order valence-corrected chi connectivity index (χ0v) is 11.2. The highest BCUT2D eigenvalue weighted by Gasteiger charge is 2.06. The number of hydrogen-bond acceptors (Lipinski definition) is 2. The van der Waals surface area contributed by atoms with Crippen LogP contribution in [-0.4, -0.2) is 9.97 Å². The van der Waals surface area contributed by atoms with E-state index in [9.17, 15) is 0 Å². The summed E-state index contributed by atoms with van der Waals surface area (Å²) in [5.41, 5.74) is 4.48. The van der Waals surface area contributed by atoms with Crippen LogP contribution in [0, 0.1) is 0 Å². The first-order valence-corrected chi connectivity index (χ1v) is 6.56. The van der Waals surface area contributed by atoms with Crippen LogP contribution in [0.15, 0.2) is 54.9 Å². The predicted octanol–water partition coefficient (Wildman–Crippen LogP) is 4.42. The van der Waals surface area contributed by atoms with E-state index in [0.29, 0.717) is 5.92 Å². The Kier molecular flexibility index (Phi) is 3.00. The molecule has 0 atom stereocenters. The molecule has 0 N–H and O–H groups in total. The van der Waals surface area contributed by atoms with Gasteiger partial charge in [-0.05, 0) is 17.5 Å². The van der Waals surface area contributed by atoms with Gasteiger partial charge in [-0.25, -0.2) is 9.97 Å². The third-order valence-electron chi connectivity index (χ3n) is 3.39. The minimum absolute atomic E-state index is 0.552. The Morgan fingerprint density at radius 3 is 2.32 bits per heavy atom. The number of nitrogens with zero attached hydrogens (tertiary/aromatic N) is 2. The molecule has 0 saturated heterocycles. The minimum Gasteiger partial charge on any atom is -0.236 e. The predicted molar refractivity (Wildman–Crippen MR) is 79.1 cm³/mol. The van der Waals surface area contributed by atoms with E-state index >= 15 is 0 Å². The molecule has 0 radical (unpaired) electrons. The first-order valence-electron chi connectivity index (χ1n) is 6.56. The lowest BCUT2D eigenvalue weighted by Crippen LogP contribution is -1.90. The van der Waals surface area contributed by atoms with Gasteiger partial charge in [-0.3, -0.25) is 0 Å². The summed E-state index contributed by atoms with van der Waals surface area (Å²) in [7, 11) is 0. The minimum atomic E-state index is 0.552. The van der Waals surface area contributed by atoms with Crippen molar-refractivity contribution in [3.8, 4) is 11.3 Å². The first kappa shape index (κ1) is 11.8. The molecule has 0 fully saturated rings. The maximum Gasteiger partial charge on any atom is 0.116 e. The highest BCUT2D eigenvalue weighted by Crippen LogP contribution is 2.26. The molecular formula is C17H16N2. The fourth-order valence-corrected chi connectivity index (χ4v) is 2.26. The smallest absolute Gasteiger partial charge is 0.116 e. The second-order valence-corrected chi connectivity index (χ2v) is 5.02. The van der Waals surface area contributed by atoms with Gasteiger partial charge < -0.3 is 0 Å². The van der Waals surface area contributed by atoms with Gasteiger partial charge in [0.15, 0.2) is 0 Å². The van der Waals surface area contributed by atoms with Crippen molar-refractivity contribution in [1.82, 2.24) is 9.97 Å². The van der Waals surface area contributed by atoms with Crippen LogP contribution in [0.3, 0.4) is 0 Å². The SMILES string of the molecule is CC(C)c1ccc(-c2ncnc3ccccc23)cc1. The Morgan fingerprint density at radius 1 is 0.842 bits per heavy atom. The molecule has 1 aromatic heterocycles. The topological polar surface area (TPSA) is 25.8 Å². The van der Waals surface area contributed by atoms with Crippen molar-refractivity contribution in [2.24, 2.45) is 0 Å². The van der Waals surface area contributed by atoms with Crippen LogP contribution < -0.4 is 0 Å². The van der Waals surface area contributed by atoms with E-state index in [0.717, 1.165) is 22.2 Å². The van der Waals surface area contributed by atoms with Crippen LogP contribution in [0.25, 0.3) is 22.2 Å². The molecular weight excluding hydrogens is 232 g/mol. The van der Waals surface area contributed by atoms with Crippen molar-refractivity contribution in [3.05, 3.63) is 60.4 Å². The highest BCUT2D eigenvalue weighted by atomic mass is 14.8. The van der Waals surface area contributed by atoms with Gasteiger partial charge in [0.2, 0.25) is 0 Å². The molecule has 2 nitrogen and oxygen atoms in total. The number of aromatic nitrogens is 2. The van der Waals surface area contributed by atoms with Gasteiger partial charge in [-0.1, -0.05) is 56.3 Å². The molecule has 0 aliphatic heterocycles. The monoisotopic (exact) mass is 248 g/mol. The van der Waals surface area contributed by atoms with Gasteiger partial charge in [-0.15, -0.1) is 0 Å². The molecule has 3 aromatic rings. The molecule has 2 heteroatoms. The fourth-order valence-electron chi connectivity index (χ4n) is 2.26. The van der Waals surface area contributed by atoms with Crippen LogP contribution in [0.2, 0.25) is 0 Å². The average molecular weight is 248 g/mol. The largest absolute Gasteiger partial charge is 0.236 e. The summed E-state index contributed by atoms with van der Waals surface area (Å²) in [4.78, 5) is 8.74. The second kappa shape index (κ2) is 4.81. The van der Waals surface area contributed by atoms with E-state index in [1.54, 1.807) is 6.33 Å². The molecule has 0 bridgehead atoms. The van der Waals surface area contributed by atoms with Crippen molar-refractivity contribution in [1.29, 1.82) is 0 Å². The number of benzene rings is 2. The van der Waals surface area contributed by atoms with E-state index < -0.39 is 0 Å². The molecule has 94 valence electrons. The summed E-state index contributed by atoms with van der Waals surface area (Å²) >= 11 is 0. The molecule has 19 heavy (non-hydrogen) atoms. The molecule has 0 saturated carbocycles. The van der Waals surface area contributed by atoms with Crippen molar-refractivity contribution < 1.29 is 0 Å². The summed E-state index contributed by atoms with van der Waals surface area (Å²) in [6, 6.07) is 16.8. The van der Waals surface area contributed by atoms with Crippen LogP contribution in [0.4, 0.5) is 0 Å². The van der Waals surface area contributed by atoms with Crippen LogP contribution in [0.5, 0.6) is 0 Å². The molecule has 0 unspecified atom stereocenters. The Bertz CT molecular complexity index is 695. The van der Waals surface area contributed by atoms with Crippen molar-refractivity contribution >= 4 is 10.9 Å². The lowest BCUT2D eigenvalue weighted by molar-refractivity contribution is 0.867. The number of hydrogen-bond donors (Lipinski definition) is 0. The maximum atomic E-state index is 4.44. The van der Waals surface area contributed by atoms with E-state index in [4.69, 9.17) is 0 Å². The summed E-state index contributed by atoms with van der Waals surface area (Å²) in [6.45, 7) is 4.41. The third kappa shape index (κ3) is 2.22. The van der Waals surface area contributed by atoms with Crippen LogP contribution >= 0.6 is 0 Å². The van der Waals surface area contributed by atoms with Gasteiger partial charge in [0.1, 0.15) is 6.33 Å². The summed E-state index contributed by atoms with van der Waals surface area (Å²) < 4.78 is 0. The van der Waals surface area contributed by atoms with Gasteiger partial charge in [-0.2, -0.15) is 0 Å². The van der Waals surface area contributed by atoms with Crippen molar-refractivity contribution in [3.63, 3.8) is 0 Å². The molecule has 2 aromatic carbocycles. The molecule has 3 rings (SSSR count). The molecule has 0 aliphatic rings. The lowest BCUT2D eigenvalue weighted by Gasteiger charge is -2.08. The summed E-state index contributed by atoms with van der Waals surface area (Å²) in [6.07, 6.45) is 1.63.